The molecule has 0 radical (unpaired) electrons. The van der Waals surface area contributed by atoms with Gasteiger partial charge in [0.15, 0.2) is 5.03 Å². The maximum Gasteiger partial charge on any atom is 0.337 e. The molecule has 21 heavy (non-hydrogen) atoms. The monoisotopic (exact) mass is 302 g/mol. The van der Waals surface area contributed by atoms with Crippen LogP contribution in [0, 0.1) is 21.4 Å². The molecule has 0 atom stereocenters. The molecule has 2 heterocycles. The lowest BCUT2D eigenvalue weighted by molar-refractivity contribution is -0.388. The molecule has 9 heteroatoms. The van der Waals surface area contributed by atoms with E-state index < -0.39 is 10.9 Å². The first-order valence-electron chi connectivity index (χ1n) is 5.43. The number of aromatic carboxylic acids is 1. The Morgan fingerprint density at radius 1 is 1.38 bits per heavy atom. The van der Waals surface area contributed by atoms with Gasteiger partial charge < -0.3 is 5.11 Å². The first kappa shape index (κ1) is 14.4. The molecule has 0 aromatic carbocycles. The molecule has 0 aliphatic carbocycles. The Kier molecular flexibility index (Phi) is 4.10. The lowest BCUT2D eigenvalue weighted by Crippen LogP contribution is -1.98. The predicted octanol–water partition coefficient (Wildman–Crippen LogP) is 2.11. The van der Waals surface area contributed by atoms with Gasteiger partial charge in [-0.3, -0.25) is 10.1 Å². The highest BCUT2D eigenvalue weighted by molar-refractivity contribution is 7.99. The minimum Gasteiger partial charge on any atom is -0.478 e. The van der Waals surface area contributed by atoms with Crippen molar-refractivity contribution in [1.29, 1.82) is 5.26 Å². The Labute approximate surface area is 122 Å². The average molecular weight is 302 g/mol. The van der Waals surface area contributed by atoms with Gasteiger partial charge in [0.2, 0.25) is 0 Å². The smallest absolute Gasteiger partial charge is 0.337 e. The number of aromatic nitrogens is 2. The van der Waals surface area contributed by atoms with E-state index in [4.69, 9.17) is 10.4 Å². The Bertz CT molecular complexity index is 755. The Balaban J connectivity index is 2.33. The third-order valence-corrected chi connectivity index (χ3v) is 3.30. The van der Waals surface area contributed by atoms with Crippen LogP contribution in [0.15, 0.2) is 40.6 Å². The van der Waals surface area contributed by atoms with Crippen LogP contribution in [0.3, 0.4) is 0 Å². The zero-order chi connectivity index (χ0) is 15.4. The Morgan fingerprint density at radius 3 is 2.67 bits per heavy atom. The molecule has 2 aromatic heterocycles. The molecule has 0 aliphatic rings. The summed E-state index contributed by atoms with van der Waals surface area (Å²) < 4.78 is 0. The minimum atomic E-state index is -1.11. The lowest BCUT2D eigenvalue weighted by atomic mass is 10.3. The summed E-state index contributed by atoms with van der Waals surface area (Å²) in [4.78, 5) is 28.8. The summed E-state index contributed by atoms with van der Waals surface area (Å²) in [5, 5.41) is 28.9. The van der Waals surface area contributed by atoms with Gasteiger partial charge in [0, 0.05) is 18.5 Å². The molecule has 0 amide bonds. The maximum atomic E-state index is 11.0. The number of carboxylic acid groups (broad SMARTS) is 1. The summed E-state index contributed by atoms with van der Waals surface area (Å²) in [6.45, 7) is 0. The van der Waals surface area contributed by atoms with E-state index in [9.17, 15) is 14.9 Å². The molecule has 104 valence electrons. The fourth-order valence-electron chi connectivity index (χ4n) is 1.38. The number of rotatable bonds is 4. The van der Waals surface area contributed by atoms with Gasteiger partial charge in [-0.15, -0.1) is 0 Å². The number of carbonyl (C=O) groups is 1. The van der Waals surface area contributed by atoms with Gasteiger partial charge in [-0.05, 0) is 23.9 Å². The number of nitriles is 1. The third kappa shape index (κ3) is 3.31. The van der Waals surface area contributed by atoms with Crippen LogP contribution in [-0.2, 0) is 0 Å². The fourth-order valence-corrected chi connectivity index (χ4v) is 2.16. The van der Waals surface area contributed by atoms with Crippen molar-refractivity contribution in [1.82, 2.24) is 9.97 Å². The van der Waals surface area contributed by atoms with Crippen LogP contribution >= 0.6 is 11.8 Å². The van der Waals surface area contributed by atoms with E-state index in [-0.39, 0.29) is 21.8 Å². The number of nitro groups is 1. The van der Waals surface area contributed by atoms with Crippen molar-refractivity contribution in [2.24, 2.45) is 0 Å². The number of hydrogen-bond donors (Lipinski definition) is 1. The molecule has 2 aromatic rings. The number of nitrogens with zero attached hydrogens (tertiary/aromatic N) is 4. The Hall–Kier alpha value is -2.99. The van der Waals surface area contributed by atoms with Crippen molar-refractivity contribution in [2.75, 3.05) is 0 Å². The van der Waals surface area contributed by atoms with Crippen LogP contribution in [0.5, 0.6) is 0 Å². The SMILES string of the molecule is N#Cc1cnc(Sc2ccc(C(=O)O)cn2)c([N+](=O)[O-])c1. The second kappa shape index (κ2) is 5.98. The molecule has 1 N–H and O–H groups in total. The normalized spacial score (nSPS) is 9.86. The largest absolute Gasteiger partial charge is 0.478 e. The highest BCUT2D eigenvalue weighted by atomic mass is 32.2. The zero-order valence-electron chi connectivity index (χ0n) is 10.3. The second-order valence-electron chi connectivity index (χ2n) is 3.71. The van der Waals surface area contributed by atoms with E-state index >= 15 is 0 Å². The summed E-state index contributed by atoms with van der Waals surface area (Å²) in [5.74, 6) is -1.11. The van der Waals surface area contributed by atoms with Crippen molar-refractivity contribution in [3.05, 3.63) is 51.8 Å². The quantitative estimate of drug-likeness (QED) is 0.671. The minimum absolute atomic E-state index is 0.0154. The fraction of sp³-hybridized carbons (Fsp3) is 0. The molecule has 0 unspecified atom stereocenters. The van der Waals surface area contributed by atoms with Crippen LogP contribution < -0.4 is 0 Å². The van der Waals surface area contributed by atoms with Crippen molar-refractivity contribution >= 4 is 23.4 Å². The van der Waals surface area contributed by atoms with Crippen molar-refractivity contribution < 1.29 is 14.8 Å². The summed E-state index contributed by atoms with van der Waals surface area (Å²) >= 11 is 0.916. The molecule has 0 saturated carbocycles. The summed E-state index contributed by atoms with van der Waals surface area (Å²) in [7, 11) is 0. The number of hydrogen-bond acceptors (Lipinski definition) is 7. The first-order valence-corrected chi connectivity index (χ1v) is 6.24. The van der Waals surface area contributed by atoms with Crippen molar-refractivity contribution in [3.8, 4) is 6.07 Å². The van der Waals surface area contributed by atoms with E-state index in [1.54, 1.807) is 6.07 Å². The molecule has 0 aliphatic heterocycles. The highest BCUT2D eigenvalue weighted by Crippen LogP contribution is 2.32. The Morgan fingerprint density at radius 2 is 2.14 bits per heavy atom. The van der Waals surface area contributed by atoms with Crippen molar-refractivity contribution in [2.45, 2.75) is 10.1 Å². The molecule has 0 spiro atoms. The van der Waals surface area contributed by atoms with E-state index in [0.717, 1.165) is 24.0 Å². The molecule has 2 rings (SSSR count). The van der Waals surface area contributed by atoms with Crippen LogP contribution in [0.25, 0.3) is 0 Å². The molecular weight excluding hydrogens is 296 g/mol. The van der Waals surface area contributed by atoms with E-state index in [2.05, 4.69) is 9.97 Å². The number of carboxylic acids is 1. The van der Waals surface area contributed by atoms with Crippen LogP contribution in [0.1, 0.15) is 15.9 Å². The van der Waals surface area contributed by atoms with Gasteiger partial charge >= 0.3 is 11.7 Å². The molecule has 8 nitrogen and oxygen atoms in total. The van der Waals surface area contributed by atoms with Gasteiger partial charge in [0.1, 0.15) is 11.1 Å². The highest BCUT2D eigenvalue weighted by Gasteiger charge is 2.18. The summed E-state index contributed by atoms with van der Waals surface area (Å²) in [5.41, 5.74) is -0.204. The molecular formula is C12H6N4O4S. The molecule has 0 saturated heterocycles. The average Bonchev–Trinajstić information content (AvgIpc) is 2.48. The van der Waals surface area contributed by atoms with Gasteiger partial charge in [0.25, 0.3) is 0 Å². The van der Waals surface area contributed by atoms with E-state index in [1.165, 1.54) is 18.3 Å². The van der Waals surface area contributed by atoms with Gasteiger partial charge in [-0.25, -0.2) is 14.8 Å². The van der Waals surface area contributed by atoms with E-state index in [0.29, 0.717) is 5.03 Å². The van der Waals surface area contributed by atoms with Crippen LogP contribution in [-0.4, -0.2) is 26.0 Å². The number of pyridine rings is 2. The predicted molar refractivity (Wildman–Crippen MR) is 70.9 cm³/mol. The first-order chi connectivity index (χ1) is 10.0. The topological polar surface area (TPSA) is 130 Å². The summed E-state index contributed by atoms with van der Waals surface area (Å²) in [6, 6.07) is 5.67. The van der Waals surface area contributed by atoms with Gasteiger partial charge in [0.05, 0.1) is 16.1 Å². The zero-order valence-corrected chi connectivity index (χ0v) is 11.1. The lowest BCUT2D eigenvalue weighted by Gasteiger charge is -2.02. The van der Waals surface area contributed by atoms with Crippen LogP contribution in [0.4, 0.5) is 5.69 Å². The summed E-state index contributed by atoms with van der Waals surface area (Å²) in [6.07, 6.45) is 2.38. The van der Waals surface area contributed by atoms with Crippen LogP contribution in [0.2, 0.25) is 0 Å². The standard InChI is InChI=1S/C12H6N4O4S/c13-4-7-3-9(16(19)20)11(15-5-7)21-10-2-1-8(6-14-10)12(17)18/h1-3,5-6H,(H,17,18). The third-order valence-electron chi connectivity index (χ3n) is 2.34. The van der Waals surface area contributed by atoms with Crippen molar-refractivity contribution in [3.63, 3.8) is 0 Å². The molecule has 0 bridgehead atoms. The van der Waals surface area contributed by atoms with E-state index in [1.807, 2.05) is 0 Å². The second-order valence-corrected chi connectivity index (χ2v) is 4.72. The maximum absolute atomic E-state index is 11.0. The van der Waals surface area contributed by atoms with Gasteiger partial charge in [-0.2, -0.15) is 5.26 Å². The molecule has 0 fully saturated rings. The van der Waals surface area contributed by atoms with Gasteiger partial charge in [-0.1, -0.05) is 0 Å².